The van der Waals surface area contributed by atoms with Crippen molar-refractivity contribution in [2.75, 3.05) is 6.61 Å². The Hall–Kier alpha value is -3.13. The normalized spacial score (nSPS) is 12.6. The minimum atomic E-state index is -4.54. The zero-order valence-corrected chi connectivity index (χ0v) is 14.9. The van der Waals surface area contributed by atoms with E-state index in [4.69, 9.17) is 0 Å². The van der Waals surface area contributed by atoms with Crippen LogP contribution in [0.1, 0.15) is 33.1 Å². The lowest BCUT2D eigenvalue weighted by atomic mass is 10.0. The van der Waals surface area contributed by atoms with Gasteiger partial charge in [0.25, 0.3) is 5.91 Å². The number of aliphatic hydroxyl groups is 1. The first-order valence-corrected chi connectivity index (χ1v) is 8.47. The number of carbonyl (C=O) groups excluding carboxylic acids is 1. The van der Waals surface area contributed by atoms with Gasteiger partial charge in [0.1, 0.15) is 0 Å². The molecule has 1 aromatic heterocycles. The maximum atomic E-state index is 12.9. The smallest absolute Gasteiger partial charge is 0.394 e. The molecule has 0 saturated carbocycles. The fraction of sp³-hybridized carbons (Fsp3) is 0.200. The van der Waals surface area contributed by atoms with Gasteiger partial charge in [0.05, 0.1) is 24.5 Å². The first-order chi connectivity index (χ1) is 13.3. The summed E-state index contributed by atoms with van der Waals surface area (Å²) in [6, 6.07) is 8.77. The van der Waals surface area contributed by atoms with E-state index in [9.17, 15) is 23.1 Å². The lowest BCUT2D eigenvalue weighted by Gasteiger charge is -2.19. The molecule has 3 aromatic rings. The Bertz CT molecular complexity index is 969. The molecule has 0 fully saturated rings. The summed E-state index contributed by atoms with van der Waals surface area (Å²) in [5.41, 5.74) is 1.37. The molecule has 2 aromatic carbocycles. The molecule has 5 nitrogen and oxygen atoms in total. The second kappa shape index (κ2) is 7.85. The Balaban J connectivity index is 1.85. The van der Waals surface area contributed by atoms with Crippen LogP contribution in [0, 0.1) is 6.92 Å². The molecule has 8 heteroatoms. The van der Waals surface area contributed by atoms with Crippen molar-refractivity contribution >= 4 is 5.91 Å². The van der Waals surface area contributed by atoms with Crippen molar-refractivity contribution in [1.82, 2.24) is 14.9 Å². The Labute approximate surface area is 159 Å². The molecule has 3 rings (SSSR count). The molecule has 0 bridgehead atoms. The average Bonchev–Trinajstić information content (AvgIpc) is 3.20. The van der Waals surface area contributed by atoms with E-state index in [2.05, 4.69) is 10.3 Å². The van der Waals surface area contributed by atoms with Crippen LogP contribution in [0.2, 0.25) is 0 Å². The van der Waals surface area contributed by atoms with E-state index in [1.807, 2.05) is 13.0 Å². The van der Waals surface area contributed by atoms with Crippen molar-refractivity contribution in [1.29, 1.82) is 0 Å². The lowest BCUT2D eigenvalue weighted by molar-refractivity contribution is -0.137. The quantitative estimate of drug-likeness (QED) is 0.700. The zero-order valence-electron chi connectivity index (χ0n) is 14.9. The summed E-state index contributed by atoms with van der Waals surface area (Å²) in [6.07, 6.45) is 0.483. The van der Waals surface area contributed by atoms with Crippen LogP contribution in [0.5, 0.6) is 0 Å². The number of nitrogens with zero attached hydrogens (tertiary/aromatic N) is 2. The molecule has 0 aliphatic heterocycles. The number of halogens is 3. The molecule has 0 unspecified atom stereocenters. The predicted molar refractivity (Wildman–Crippen MR) is 97.0 cm³/mol. The summed E-state index contributed by atoms with van der Waals surface area (Å²) in [6.45, 7) is 1.51. The van der Waals surface area contributed by atoms with Crippen LogP contribution in [-0.4, -0.2) is 27.2 Å². The zero-order chi connectivity index (χ0) is 20.3. The van der Waals surface area contributed by atoms with Gasteiger partial charge in [0.2, 0.25) is 0 Å². The molecule has 0 saturated heterocycles. The van der Waals surface area contributed by atoms with Crippen LogP contribution in [0.4, 0.5) is 13.2 Å². The molecule has 0 aliphatic carbocycles. The minimum absolute atomic E-state index is 0.129. The number of rotatable bonds is 5. The van der Waals surface area contributed by atoms with E-state index in [0.717, 1.165) is 23.4 Å². The van der Waals surface area contributed by atoms with Crippen LogP contribution in [0.15, 0.2) is 61.2 Å². The van der Waals surface area contributed by atoms with Crippen LogP contribution < -0.4 is 5.32 Å². The summed E-state index contributed by atoms with van der Waals surface area (Å²) in [5.74, 6) is -0.699. The van der Waals surface area contributed by atoms with Gasteiger partial charge in [-0.15, -0.1) is 0 Å². The molecule has 0 spiro atoms. The molecule has 146 valence electrons. The van der Waals surface area contributed by atoms with E-state index in [1.54, 1.807) is 35.4 Å². The van der Waals surface area contributed by atoms with Gasteiger partial charge in [-0.2, -0.15) is 13.2 Å². The van der Waals surface area contributed by atoms with Gasteiger partial charge in [-0.1, -0.05) is 18.2 Å². The van der Waals surface area contributed by atoms with E-state index >= 15 is 0 Å². The number of nitrogens with one attached hydrogen (secondary N) is 1. The van der Waals surface area contributed by atoms with Crippen molar-refractivity contribution in [3.63, 3.8) is 0 Å². The number of aromatic nitrogens is 2. The number of aliphatic hydroxyl groups excluding tert-OH is 1. The summed E-state index contributed by atoms with van der Waals surface area (Å²) in [4.78, 5) is 16.4. The average molecular weight is 389 g/mol. The highest BCUT2D eigenvalue weighted by molar-refractivity contribution is 5.94. The maximum absolute atomic E-state index is 12.9. The number of benzene rings is 2. The number of hydrogen-bond donors (Lipinski definition) is 2. The molecule has 0 radical (unpaired) electrons. The van der Waals surface area contributed by atoms with Crippen LogP contribution in [0.3, 0.4) is 0 Å². The Morgan fingerprint density at radius 3 is 2.68 bits per heavy atom. The lowest BCUT2D eigenvalue weighted by Crippen LogP contribution is -2.31. The third-order valence-electron chi connectivity index (χ3n) is 4.36. The van der Waals surface area contributed by atoms with Gasteiger partial charge in [0, 0.05) is 23.6 Å². The van der Waals surface area contributed by atoms with Gasteiger partial charge in [0.15, 0.2) is 0 Å². The fourth-order valence-electron chi connectivity index (χ4n) is 2.84. The second-order valence-corrected chi connectivity index (χ2v) is 6.30. The molecule has 1 atom stereocenters. The largest absolute Gasteiger partial charge is 0.416 e. The first kappa shape index (κ1) is 19.6. The summed E-state index contributed by atoms with van der Waals surface area (Å²) < 4.78 is 40.4. The molecule has 1 heterocycles. The van der Waals surface area contributed by atoms with Crippen molar-refractivity contribution < 1.29 is 23.1 Å². The van der Waals surface area contributed by atoms with Crippen LogP contribution >= 0.6 is 0 Å². The SMILES string of the molecule is Cc1ccc([C@H](CO)NC(=O)c2cccc(C(F)(F)F)c2)cc1-n1ccnc1. The standard InChI is InChI=1S/C20H18F3N3O2/c1-13-5-6-14(10-18(13)26-8-7-24-12-26)17(11-27)25-19(28)15-3-2-4-16(9-15)20(21,22)23/h2-10,12,17,27H,11H2,1H3,(H,25,28)/t17-/m0/s1. The van der Waals surface area contributed by atoms with Crippen molar-refractivity contribution in [3.8, 4) is 5.69 Å². The third-order valence-corrected chi connectivity index (χ3v) is 4.36. The van der Waals surface area contributed by atoms with Crippen LogP contribution in [0.25, 0.3) is 5.69 Å². The van der Waals surface area contributed by atoms with E-state index in [0.29, 0.717) is 5.56 Å². The predicted octanol–water partition coefficient (Wildman–Crippen LogP) is 3.66. The van der Waals surface area contributed by atoms with Gasteiger partial charge >= 0.3 is 6.18 Å². The molecule has 1 amide bonds. The third kappa shape index (κ3) is 4.23. The Morgan fingerprint density at radius 2 is 2.04 bits per heavy atom. The monoisotopic (exact) mass is 389 g/mol. The molecular weight excluding hydrogens is 371 g/mol. The van der Waals surface area contributed by atoms with Gasteiger partial charge < -0.3 is 15.0 Å². The fourth-order valence-corrected chi connectivity index (χ4v) is 2.84. The summed E-state index contributed by atoms with van der Waals surface area (Å²) in [7, 11) is 0. The number of carbonyl (C=O) groups is 1. The summed E-state index contributed by atoms with van der Waals surface area (Å²) >= 11 is 0. The Morgan fingerprint density at radius 1 is 1.25 bits per heavy atom. The number of imidazole rings is 1. The van der Waals surface area contributed by atoms with Gasteiger partial charge in [-0.3, -0.25) is 4.79 Å². The molecule has 0 aliphatic rings. The highest BCUT2D eigenvalue weighted by atomic mass is 19.4. The highest BCUT2D eigenvalue weighted by Crippen LogP contribution is 2.29. The Kier molecular flexibility index (Phi) is 5.51. The highest BCUT2D eigenvalue weighted by Gasteiger charge is 2.31. The van der Waals surface area contributed by atoms with E-state index in [-0.39, 0.29) is 5.56 Å². The van der Waals surface area contributed by atoms with Gasteiger partial charge in [-0.25, -0.2) is 4.98 Å². The summed E-state index contributed by atoms with van der Waals surface area (Å²) in [5, 5.41) is 12.3. The molecular formula is C20H18F3N3O2. The molecule has 28 heavy (non-hydrogen) atoms. The van der Waals surface area contributed by atoms with Crippen molar-refractivity contribution in [2.45, 2.75) is 19.1 Å². The van der Waals surface area contributed by atoms with Gasteiger partial charge in [-0.05, 0) is 42.3 Å². The van der Waals surface area contributed by atoms with Crippen LogP contribution in [-0.2, 0) is 6.18 Å². The van der Waals surface area contributed by atoms with E-state index in [1.165, 1.54) is 12.1 Å². The van der Waals surface area contributed by atoms with E-state index < -0.39 is 30.3 Å². The second-order valence-electron chi connectivity index (χ2n) is 6.30. The topological polar surface area (TPSA) is 67.2 Å². The number of amides is 1. The number of hydrogen-bond acceptors (Lipinski definition) is 3. The number of alkyl halides is 3. The number of aryl methyl sites for hydroxylation is 1. The first-order valence-electron chi connectivity index (χ1n) is 8.47. The van der Waals surface area contributed by atoms with Crippen molar-refractivity contribution in [3.05, 3.63) is 83.4 Å². The van der Waals surface area contributed by atoms with Crippen molar-refractivity contribution in [2.24, 2.45) is 0 Å². The molecule has 2 N–H and O–H groups in total. The maximum Gasteiger partial charge on any atom is 0.416 e. The minimum Gasteiger partial charge on any atom is -0.394 e.